The highest BCUT2D eigenvalue weighted by Crippen LogP contribution is 2.66. The molecule has 0 unspecified atom stereocenters. The van der Waals surface area contributed by atoms with E-state index in [-0.39, 0.29) is 12.2 Å². The summed E-state index contributed by atoms with van der Waals surface area (Å²) in [5.41, 5.74) is -2.35. The molecule has 1 aromatic rings. The number of carbonyl (C=O) groups excluding carboxylic acids is 3. The van der Waals surface area contributed by atoms with Crippen LogP contribution >= 0.6 is 0 Å². The van der Waals surface area contributed by atoms with Gasteiger partial charge in [-0.3, -0.25) is 14.4 Å². The van der Waals surface area contributed by atoms with Crippen molar-refractivity contribution in [2.75, 3.05) is 7.11 Å². The predicted octanol–water partition coefficient (Wildman–Crippen LogP) is 2.79. The highest BCUT2D eigenvalue weighted by Gasteiger charge is 2.72. The molecule has 0 aliphatic heterocycles. The first-order valence-corrected chi connectivity index (χ1v) is 10.5. The van der Waals surface area contributed by atoms with Gasteiger partial charge in [0.05, 0.1) is 30.3 Å². The van der Waals surface area contributed by atoms with Crippen LogP contribution in [0.15, 0.2) is 16.7 Å². The van der Waals surface area contributed by atoms with Crippen LogP contribution < -0.4 is 0 Å². The van der Waals surface area contributed by atoms with Crippen LogP contribution in [0.25, 0.3) is 0 Å². The van der Waals surface area contributed by atoms with Crippen molar-refractivity contribution in [1.82, 2.24) is 0 Å². The third-order valence-electron chi connectivity index (χ3n) is 8.34. The summed E-state index contributed by atoms with van der Waals surface area (Å²) in [6, 6.07) is 1.74. The Morgan fingerprint density at radius 2 is 1.97 bits per heavy atom. The molecule has 0 saturated heterocycles. The van der Waals surface area contributed by atoms with E-state index in [1.165, 1.54) is 20.3 Å². The zero-order valence-corrected chi connectivity index (χ0v) is 18.2. The van der Waals surface area contributed by atoms with Gasteiger partial charge in [-0.05, 0) is 30.7 Å². The molecule has 2 fully saturated rings. The molecule has 6 atom stereocenters. The summed E-state index contributed by atoms with van der Waals surface area (Å²) >= 11 is 0. The SMILES string of the molecule is COC(=O)[C@@H]1c2ccoc2C[C@@H]2[C@H]1[C@@H](OC(C)=O)C[C@@]1(O)C(C)(C)CCC(=O)[C@]21C. The van der Waals surface area contributed by atoms with Crippen LogP contribution in [0.2, 0.25) is 0 Å². The van der Waals surface area contributed by atoms with E-state index in [4.69, 9.17) is 13.9 Å². The molecule has 1 N–H and O–H groups in total. The Morgan fingerprint density at radius 1 is 1.27 bits per heavy atom. The molecule has 4 rings (SSSR count). The number of hydrogen-bond donors (Lipinski definition) is 1. The Balaban J connectivity index is 1.95. The maximum Gasteiger partial charge on any atom is 0.313 e. The zero-order valence-electron chi connectivity index (χ0n) is 18.2. The van der Waals surface area contributed by atoms with Crippen molar-refractivity contribution in [1.29, 1.82) is 0 Å². The molecule has 7 heteroatoms. The van der Waals surface area contributed by atoms with Crippen molar-refractivity contribution in [2.45, 2.75) is 71.0 Å². The van der Waals surface area contributed by atoms with E-state index in [1.54, 1.807) is 6.07 Å². The number of ether oxygens (including phenoxy) is 2. The lowest BCUT2D eigenvalue weighted by Crippen LogP contribution is -2.73. The molecule has 1 heterocycles. The van der Waals surface area contributed by atoms with E-state index in [0.717, 1.165) is 0 Å². The van der Waals surface area contributed by atoms with E-state index in [2.05, 4.69) is 0 Å². The minimum absolute atomic E-state index is 0.0146. The zero-order chi connectivity index (χ0) is 22.1. The Kier molecular flexibility index (Phi) is 4.69. The van der Waals surface area contributed by atoms with Crippen LogP contribution in [0.3, 0.4) is 0 Å². The number of ketones is 1. The van der Waals surface area contributed by atoms with Gasteiger partial charge in [0.15, 0.2) is 0 Å². The monoisotopic (exact) mass is 418 g/mol. The number of furan rings is 1. The normalized spacial score (nSPS) is 39.3. The third-order valence-corrected chi connectivity index (χ3v) is 8.34. The van der Waals surface area contributed by atoms with Gasteiger partial charge in [0, 0.05) is 37.7 Å². The molecule has 0 radical (unpaired) electrons. The molecule has 3 aliphatic carbocycles. The average molecular weight is 418 g/mol. The quantitative estimate of drug-likeness (QED) is 0.737. The standard InChI is InChI=1S/C23H30O7/c1-12(24)30-16-11-23(27)21(2,3)8-6-17(25)22(23,4)14-10-15-13(7-9-29-15)18(19(14)16)20(26)28-5/h7,9,14,16,18-19,27H,6,8,10-11H2,1-5H3/t14-,16+,18-,19+,22+,23-/m1/s1. The molecule has 30 heavy (non-hydrogen) atoms. The largest absolute Gasteiger partial charge is 0.469 e. The highest BCUT2D eigenvalue weighted by molar-refractivity contribution is 5.89. The number of carbonyl (C=O) groups is 3. The summed E-state index contributed by atoms with van der Waals surface area (Å²) in [5, 5.41) is 12.1. The summed E-state index contributed by atoms with van der Waals surface area (Å²) in [5.74, 6) is -1.99. The molecule has 0 aromatic carbocycles. The van der Waals surface area contributed by atoms with Crippen LogP contribution in [0.4, 0.5) is 0 Å². The maximum atomic E-state index is 13.4. The molecule has 0 amide bonds. The van der Waals surface area contributed by atoms with Gasteiger partial charge in [-0.2, -0.15) is 0 Å². The third kappa shape index (κ3) is 2.57. The highest BCUT2D eigenvalue weighted by atomic mass is 16.5. The van der Waals surface area contributed by atoms with Crippen molar-refractivity contribution in [3.05, 3.63) is 23.7 Å². The van der Waals surface area contributed by atoms with E-state index < -0.39 is 52.2 Å². The lowest BCUT2D eigenvalue weighted by molar-refractivity contribution is -0.254. The van der Waals surface area contributed by atoms with E-state index in [9.17, 15) is 19.5 Å². The molecule has 2 saturated carbocycles. The predicted molar refractivity (Wildman–Crippen MR) is 105 cm³/mol. The fraction of sp³-hybridized carbons (Fsp3) is 0.696. The van der Waals surface area contributed by atoms with Crippen LogP contribution in [0.5, 0.6) is 0 Å². The van der Waals surface area contributed by atoms with Crippen LogP contribution in [0.1, 0.15) is 64.2 Å². The number of methoxy groups -OCH3 is 1. The lowest BCUT2D eigenvalue weighted by Gasteiger charge is -2.65. The van der Waals surface area contributed by atoms with Gasteiger partial charge in [-0.15, -0.1) is 0 Å². The smallest absolute Gasteiger partial charge is 0.313 e. The van der Waals surface area contributed by atoms with Crippen molar-refractivity contribution in [3.8, 4) is 0 Å². The average Bonchev–Trinajstić information content (AvgIpc) is 3.14. The number of fused-ring (bicyclic) bond motifs is 4. The van der Waals surface area contributed by atoms with Crippen LogP contribution in [0, 0.1) is 22.7 Å². The van der Waals surface area contributed by atoms with E-state index in [1.807, 2.05) is 20.8 Å². The molecular weight excluding hydrogens is 388 g/mol. The van der Waals surface area contributed by atoms with Gasteiger partial charge >= 0.3 is 11.9 Å². The second-order valence-electron chi connectivity index (χ2n) is 9.91. The minimum atomic E-state index is -1.39. The van der Waals surface area contributed by atoms with E-state index in [0.29, 0.717) is 30.6 Å². The van der Waals surface area contributed by atoms with Gasteiger partial charge in [0.2, 0.25) is 0 Å². The lowest BCUT2D eigenvalue weighted by atomic mass is 9.40. The summed E-state index contributed by atoms with van der Waals surface area (Å²) in [4.78, 5) is 38.3. The number of Topliss-reactive ketones (excluding diaryl/α,β-unsaturated/α-hetero) is 1. The van der Waals surface area contributed by atoms with Gasteiger partial charge in [0.25, 0.3) is 0 Å². The summed E-state index contributed by atoms with van der Waals surface area (Å²) in [6.07, 6.45) is 2.21. The first kappa shape index (κ1) is 21.1. The van der Waals surface area contributed by atoms with E-state index >= 15 is 0 Å². The van der Waals surface area contributed by atoms with Crippen LogP contribution in [-0.2, 0) is 30.3 Å². The second-order valence-corrected chi connectivity index (χ2v) is 9.91. The molecule has 0 spiro atoms. The van der Waals surface area contributed by atoms with Crippen molar-refractivity contribution < 1.29 is 33.4 Å². The van der Waals surface area contributed by atoms with Gasteiger partial charge in [0.1, 0.15) is 17.6 Å². The number of rotatable bonds is 2. The van der Waals surface area contributed by atoms with Crippen molar-refractivity contribution >= 4 is 17.7 Å². The number of esters is 2. The molecule has 164 valence electrons. The van der Waals surface area contributed by atoms with Gasteiger partial charge in [-0.1, -0.05) is 13.8 Å². The topological polar surface area (TPSA) is 103 Å². The van der Waals surface area contributed by atoms with Crippen LogP contribution in [-0.4, -0.2) is 41.6 Å². The van der Waals surface area contributed by atoms with Gasteiger partial charge < -0.3 is 19.0 Å². The summed E-state index contributed by atoms with van der Waals surface area (Å²) in [7, 11) is 1.32. The first-order valence-electron chi connectivity index (χ1n) is 10.5. The molecule has 0 bridgehead atoms. The minimum Gasteiger partial charge on any atom is -0.469 e. The molecule has 1 aromatic heterocycles. The fourth-order valence-electron chi connectivity index (χ4n) is 6.63. The summed E-state index contributed by atoms with van der Waals surface area (Å²) in [6.45, 7) is 7.06. The Hall–Kier alpha value is -2.15. The maximum absolute atomic E-state index is 13.4. The Bertz CT molecular complexity index is 899. The molecular formula is C23H30O7. The number of aliphatic hydroxyl groups is 1. The van der Waals surface area contributed by atoms with Crippen molar-refractivity contribution in [3.63, 3.8) is 0 Å². The van der Waals surface area contributed by atoms with Crippen molar-refractivity contribution in [2.24, 2.45) is 22.7 Å². The molecule has 7 nitrogen and oxygen atoms in total. The second kappa shape index (κ2) is 6.67. The fourth-order valence-corrected chi connectivity index (χ4v) is 6.63. The first-order chi connectivity index (χ1) is 14.0. The molecule has 3 aliphatic rings. The summed E-state index contributed by atoms with van der Waals surface area (Å²) < 4.78 is 16.5. The van der Waals surface area contributed by atoms with Gasteiger partial charge in [-0.25, -0.2) is 0 Å². The Morgan fingerprint density at radius 3 is 2.60 bits per heavy atom. The number of hydrogen-bond acceptors (Lipinski definition) is 7. The Labute approximate surface area is 176 Å².